The lowest BCUT2D eigenvalue weighted by molar-refractivity contribution is -0.134. The van der Waals surface area contributed by atoms with Gasteiger partial charge in [-0.2, -0.15) is 0 Å². The second-order valence-corrected chi connectivity index (χ2v) is 6.56. The molecule has 2 aromatic carbocycles. The van der Waals surface area contributed by atoms with Crippen LogP contribution in [0.5, 0.6) is 0 Å². The number of hydrogen-bond acceptors (Lipinski definition) is 4. The van der Waals surface area contributed by atoms with Crippen LogP contribution in [0.1, 0.15) is 0 Å². The van der Waals surface area contributed by atoms with Crippen LogP contribution >= 0.6 is 11.6 Å². The number of amides is 2. The van der Waals surface area contributed by atoms with E-state index in [2.05, 4.69) is 10.4 Å². The number of nitrogens with one attached hydrogen (secondary N) is 2. The van der Waals surface area contributed by atoms with E-state index in [4.69, 9.17) is 11.6 Å². The Morgan fingerprint density at radius 1 is 1.07 bits per heavy atom. The average Bonchev–Trinajstić information content (AvgIpc) is 2.67. The van der Waals surface area contributed by atoms with Crippen LogP contribution in [-0.2, 0) is 16.1 Å². The maximum atomic E-state index is 12.5. The van der Waals surface area contributed by atoms with E-state index in [0.29, 0.717) is 10.7 Å². The molecule has 0 aliphatic heterocycles. The first-order valence-electron chi connectivity index (χ1n) is 8.37. The number of hydrogen-bond donors (Lipinski definition) is 2. The molecule has 2 amide bonds. The van der Waals surface area contributed by atoms with Crippen molar-refractivity contribution in [2.24, 2.45) is 0 Å². The number of halogens is 1. The SMILES string of the molecule is CN(CC(=O)Nc1ccccc1Cl)C(=O)Cn1[nH]c(=O)c2ccccc2c1=O. The van der Waals surface area contributed by atoms with Crippen LogP contribution in [0.3, 0.4) is 0 Å². The lowest BCUT2D eigenvalue weighted by atomic mass is 10.2. The van der Waals surface area contributed by atoms with Gasteiger partial charge in [-0.15, -0.1) is 0 Å². The molecule has 3 rings (SSSR count). The monoisotopic (exact) mass is 400 g/mol. The number of nitrogens with zero attached hydrogens (tertiary/aromatic N) is 2. The quantitative estimate of drug-likeness (QED) is 0.676. The molecule has 8 nitrogen and oxygen atoms in total. The Kier molecular flexibility index (Phi) is 5.60. The minimum Gasteiger partial charge on any atom is -0.335 e. The smallest absolute Gasteiger partial charge is 0.273 e. The Morgan fingerprint density at radius 2 is 1.71 bits per heavy atom. The number of likely N-dealkylation sites (N-methyl/N-ethyl adjacent to an activating group) is 1. The van der Waals surface area contributed by atoms with E-state index in [1.807, 2.05) is 0 Å². The number of carbonyl (C=O) groups excluding carboxylic acids is 2. The van der Waals surface area contributed by atoms with E-state index in [-0.39, 0.29) is 17.3 Å². The van der Waals surface area contributed by atoms with Gasteiger partial charge >= 0.3 is 0 Å². The highest BCUT2D eigenvalue weighted by Gasteiger charge is 2.16. The van der Waals surface area contributed by atoms with Crippen LogP contribution in [0.4, 0.5) is 5.69 Å². The van der Waals surface area contributed by atoms with Crippen molar-refractivity contribution in [1.29, 1.82) is 0 Å². The average molecular weight is 401 g/mol. The zero-order chi connectivity index (χ0) is 20.3. The number of aromatic nitrogens is 2. The zero-order valence-electron chi connectivity index (χ0n) is 14.9. The number of H-pyrrole nitrogens is 1. The fraction of sp³-hybridized carbons (Fsp3) is 0.158. The second kappa shape index (κ2) is 8.10. The third-order valence-electron chi connectivity index (χ3n) is 4.13. The number of aromatic amines is 1. The van der Waals surface area contributed by atoms with Gasteiger partial charge in [0, 0.05) is 7.05 Å². The molecule has 0 bridgehead atoms. The molecule has 144 valence electrons. The van der Waals surface area contributed by atoms with Gasteiger partial charge in [0.25, 0.3) is 11.1 Å². The number of fused-ring (bicyclic) bond motifs is 1. The number of benzene rings is 2. The van der Waals surface area contributed by atoms with Crippen LogP contribution in [-0.4, -0.2) is 40.1 Å². The molecular formula is C19H17ClN4O4. The highest BCUT2D eigenvalue weighted by atomic mass is 35.5. The molecule has 1 aromatic heterocycles. The van der Waals surface area contributed by atoms with Gasteiger partial charge in [-0.1, -0.05) is 35.9 Å². The first kappa shape index (κ1) is 19.4. The lowest BCUT2D eigenvalue weighted by Gasteiger charge is -2.17. The van der Waals surface area contributed by atoms with E-state index >= 15 is 0 Å². The minimum absolute atomic E-state index is 0.221. The topological polar surface area (TPSA) is 104 Å². The van der Waals surface area contributed by atoms with Crippen molar-refractivity contribution in [1.82, 2.24) is 14.7 Å². The summed E-state index contributed by atoms with van der Waals surface area (Å²) < 4.78 is 0.940. The van der Waals surface area contributed by atoms with Crippen molar-refractivity contribution >= 4 is 39.9 Å². The van der Waals surface area contributed by atoms with Crippen molar-refractivity contribution in [2.75, 3.05) is 18.9 Å². The molecule has 0 atom stereocenters. The number of carbonyl (C=O) groups is 2. The third kappa shape index (κ3) is 4.12. The summed E-state index contributed by atoms with van der Waals surface area (Å²) >= 11 is 5.99. The van der Waals surface area contributed by atoms with Gasteiger partial charge in [-0.25, -0.2) is 4.68 Å². The van der Waals surface area contributed by atoms with E-state index in [9.17, 15) is 19.2 Å². The van der Waals surface area contributed by atoms with Crippen molar-refractivity contribution < 1.29 is 9.59 Å². The zero-order valence-corrected chi connectivity index (χ0v) is 15.7. The summed E-state index contributed by atoms with van der Waals surface area (Å²) in [6.45, 7) is -0.634. The maximum absolute atomic E-state index is 12.5. The van der Waals surface area contributed by atoms with Gasteiger partial charge in [-0.05, 0) is 24.3 Å². The number of rotatable bonds is 5. The summed E-state index contributed by atoms with van der Waals surface area (Å²) in [7, 11) is 1.43. The number of para-hydroxylation sites is 1. The molecular weight excluding hydrogens is 384 g/mol. The molecule has 2 N–H and O–H groups in total. The molecule has 0 aliphatic carbocycles. The van der Waals surface area contributed by atoms with Crippen LogP contribution in [0.15, 0.2) is 58.1 Å². The Hall–Kier alpha value is -3.39. The van der Waals surface area contributed by atoms with Gasteiger partial charge in [0.2, 0.25) is 11.8 Å². The predicted octanol–water partition coefficient (Wildman–Crippen LogP) is 1.44. The third-order valence-corrected chi connectivity index (χ3v) is 4.46. The van der Waals surface area contributed by atoms with Crippen LogP contribution in [0, 0.1) is 0 Å². The largest absolute Gasteiger partial charge is 0.335 e. The van der Waals surface area contributed by atoms with Crippen LogP contribution in [0.2, 0.25) is 5.02 Å². The molecule has 0 spiro atoms. The van der Waals surface area contributed by atoms with E-state index in [1.165, 1.54) is 19.2 Å². The molecule has 0 aliphatic rings. The Labute approximate surface area is 164 Å². The van der Waals surface area contributed by atoms with Crippen molar-refractivity contribution in [3.8, 4) is 0 Å². The summed E-state index contributed by atoms with van der Waals surface area (Å²) in [6.07, 6.45) is 0. The molecule has 0 unspecified atom stereocenters. The summed E-state index contributed by atoms with van der Waals surface area (Å²) in [5.41, 5.74) is -0.523. The number of anilines is 1. The van der Waals surface area contributed by atoms with E-state index in [1.54, 1.807) is 36.4 Å². The molecule has 9 heteroatoms. The van der Waals surface area contributed by atoms with Gasteiger partial charge in [-0.3, -0.25) is 24.3 Å². The fourth-order valence-electron chi connectivity index (χ4n) is 2.67. The Bertz CT molecular complexity index is 1170. The first-order chi connectivity index (χ1) is 13.4. The molecule has 0 radical (unpaired) electrons. The van der Waals surface area contributed by atoms with Gasteiger partial charge in [0.15, 0.2) is 0 Å². The van der Waals surface area contributed by atoms with Crippen molar-refractivity contribution in [3.63, 3.8) is 0 Å². The second-order valence-electron chi connectivity index (χ2n) is 6.16. The van der Waals surface area contributed by atoms with Gasteiger partial charge < -0.3 is 10.2 Å². The molecule has 1 heterocycles. The molecule has 3 aromatic rings. The standard InChI is InChI=1S/C19H17ClN4O4/c1-23(10-16(25)21-15-9-5-4-8-14(15)20)17(26)11-24-19(28)13-7-3-2-6-12(13)18(27)22-24/h2-9H,10-11H2,1H3,(H,21,25)(H,22,27). The Balaban J connectivity index is 1.71. The predicted molar refractivity (Wildman–Crippen MR) is 107 cm³/mol. The minimum atomic E-state index is -0.512. The van der Waals surface area contributed by atoms with Gasteiger partial charge in [0.1, 0.15) is 6.54 Å². The summed E-state index contributed by atoms with van der Waals surface area (Å²) in [5.74, 6) is -0.953. The normalized spacial score (nSPS) is 10.6. The summed E-state index contributed by atoms with van der Waals surface area (Å²) in [6, 6.07) is 13.1. The Morgan fingerprint density at radius 3 is 2.43 bits per heavy atom. The summed E-state index contributed by atoms with van der Waals surface area (Å²) in [4.78, 5) is 50.3. The van der Waals surface area contributed by atoms with Gasteiger partial charge in [0.05, 0.1) is 28.0 Å². The lowest BCUT2D eigenvalue weighted by Crippen LogP contribution is -2.40. The molecule has 0 saturated heterocycles. The van der Waals surface area contributed by atoms with E-state index in [0.717, 1.165) is 9.58 Å². The van der Waals surface area contributed by atoms with Crippen molar-refractivity contribution in [2.45, 2.75) is 6.54 Å². The highest BCUT2D eigenvalue weighted by molar-refractivity contribution is 6.33. The molecule has 0 fully saturated rings. The molecule has 28 heavy (non-hydrogen) atoms. The van der Waals surface area contributed by atoms with Crippen LogP contribution in [0.25, 0.3) is 10.8 Å². The van der Waals surface area contributed by atoms with E-state index < -0.39 is 29.5 Å². The fourth-order valence-corrected chi connectivity index (χ4v) is 2.85. The van der Waals surface area contributed by atoms with Crippen molar-refractivity contribution in [3.05, 3.63) is 74.3 Å². The van der Waals surface area contributed by atoms with Crippen LogP contribution < -0.4 is 16.4 Å². The summed E-state index contributed by atoms with van der Waals surface area (Å²) in [5, 5.41) is 5.86. The first-order valence-corrected chi connectivity index (χ1v) is 8.75. The maximum Gasteiger partial charge on any atom is 0.273 e. The molecule has 0 saturated carbocycles. The highest BCUT2D eigenvalue weighted by Crippen LogP contribution is 2.20.